The van der Waals surface area contributed by atoms with E-state index in [0.29, 0.717) is 5.57 Å². The molecule has 130 valence electrons. The van der Waals surface area contributed by atoms with E-state index in [2.05, 4.69) is 67.5 Å². The van der Waals surface area contributed by atoms with Gasteiger partial charge in [-0.25, -0.2) is 4.98 Å². The lowest BCUT2D eigenvalue weighted by Gasteiger charge is -2.03. The predicted molar refractivity (Wildman–Crippen MR) is 110 cm³/mol. The number of nitrogens with one attached hydrogen (secondary N) is 1. The van der Waals surface area contributed by atoms with Crippen LogP contribution in [0.15, 0.2) is 54.0 Å². The minimum atomic E-state index is 0.532. The minimum absolute atomic E-state index is 0.532. The SMILES string of the molecule is CCc1ccc(N/C=C(/C#N)c2nc(-c3ccc(C)c(C)c3)cs2)cc1. The number of nitrogens with zero attached hydrogens (tertiary/aromatic N) is 2. The van der Waals surface area contributed by atoms with Crippen LogP contribution >= 0.6 is 11.3 Å². The molecule has 0 aliphatic heterocycles. The van der Waals surface area contributed by atoms with Crippen molar-refractivity contribution in [2.24, 2.45) is 0 Å². The number of rotatable bonds is 5. The van der Waals surface area contributed by atoms with Crippen molar-refractivity contribution >= 4 is 22.6 Å². The van der Waals surface area contributed by atoms with Gasteiger partial charge in [0, 0.05) is 22.8 Å². The zero-order valence-electron chi connectivity index (χ0n) is 15.2. The fourth-order valence-electron chi connectivity index (χ4n) is 2.56. The van der Waals surface area contributed by atoms with Crippen molar-refractivity contribution in [3.8, 4) is 17.3 Å². The van der Waals surface area contributed by atoms with Crippen LogP contribution in [-0.4, -0.2) is 4.98 Å². The Bertz CT molecular complexity index is 975. The van der Waals surface area contributed by atoms with Gasteiger partial charge in [-0.1, -0.05) is 31.2 Å². The number of benzene rings is 2. The molecule has 3 nitrogen and oxygen atoms in total. The van der Waals surface area contributed by atoms with E-state index in [1.54, 1.807) is 6.20 Å². The van der Waals surface area contributed by atoms with E-state index in [1.165, 1.54) is 28.0 Å². The lowest BCUT2D eigenvalue weighted by molar-refractivity contribution is 1.14. The van der Waals surface area contributed by atoms with Gasteiger partial charge in [-0.3, -0.25) is 0 Å². The van der Waals surface area contributed by atoms with Crippen molar-refractivity contribution in [3.63, 3.8) is 0 Å². The monoisotopic (exact) mass is 359 g/mol. The summed E-state index contributed by atoms with van der Waals surface area (Å²) in [5.41, 5.74) is 7.27. The van der Waals surface area contributed by atoms with E-state index in [-0.39, 0.29) is 0 Å². The zero-order valence-corrected chi connectivity index (χ0v) is 16.0. The topological polar surface area (TPSA) is 48.7 Å². The van der Waals surface area contributed by atoms with Crippen molar-refractivity contribution in [3.05, 3.63) is 75.7 Å². The number of hydrogen-bond acceptors (Lipinski definition) is 4. The van der Waals surface area contributed by atoms with Crippen LogP contribution in [0.2, 0.25) is 0 Å². The van der Waals surface area contributed by atoms with Crippen LogP contribution < -0.4 is 5.32 Å². The molecule has 1 heterocycles. The van der Waals surface area contributed by atoms with Crippen LogP contribution in [-0.2, 0) is 6.42 Å². The van der Waals surface area contributed by atoms with Gasteiger partial charge in [0.15, 0.2) is 0 Å². The standard InChI is InChI=1S/C22H21N3S/c1-4-17-6-9-20(10-7-17)24-13-19(12-23)22-25-21(14-26-22)18-8-5-15(2)16(3)11-18/h5-11,13-14,24H,4H2,1-3H3/b19-13-. The first-order valence-corrected chi connectivity index (χ1v) is 9.48. The summed E-state index contributed by atoms with van der Waals surface area (Å²) in [6.07, 6.45) is 2.74. The normalized spacial score (nSPS) is 11.2. The molecule has 0 amide bonds. The van der Waals surface area contributed by atoms with Gasteiger partial charge in [-0.2, -0.15) is 5.26 Å². The summed E-state index contributed by atoms with van der Waals surface area (Å²) in [4.78, 5) is 4.65. The molecule has 1 aromatic heterocycles. The second-order valence-electron chi connectivity index (χ2n) is 6.20. The van der Waals surface area contributed by atoms with Crippen LogP contribution in [0.25, 0.3) is 16.8 Å². The van der Waals surface area contributed by atoms with Crippen molar-refractivity contribution in [2.45, 2.75) is 27.2 Å². The summed E-state index contributed by atoms with van der Waals surface area (Å²) in [6.45, 7) is 6.33. The summed E-state index contributed by atoms with van der Waals surface area (Å²) >= 11 is 1.49. The lowest BCUT2D eigenvalue weighted by Crippen LogP contribution is -1.91. The van der Waals surface area contributed by atoms with Crippen LogP contribution in [0.3, 0.4) is 0 Å². The third-order valence-electron chi connectivity index (χ3n) is 4.40. The molecule has 0 saturated heterocycles. The van der Waals surface area contributed by atoms with E-state index in [9.17, 15) is 5.26 Å². The highest BCUT2D eigenvalue weighted by molar-refractivity contribution is 7.11. The maximum absolute atomic E-state index is 9.51. The van der Waals surface area contributed by atoms with Crippen LogP contribution in [0.1, 0.15) is 28.6 Å². The average molecular weight is 359 g/mol. The maximum Gasteiger partial charge on any atom is 0.136 e. The van der Waals surface area contributed by atoms with Gasteiger partial charge in [0.2, 0.25) is 0 Å². The lowest BCUT2D eigenvalue weighted by atomic mass is 10.1. The largest absolute Gasteiger partial charge is 0.360 e. The molecule has 1 N–H and O–H groups in total. The van der Waals surface area contributed by atoms with Crippen LogP contribution in [0, 0.1) is 25.2 Å². The highest BCUT2D eigenvalue weighted by Gasteiger charge is 2.09. The molecule has 3 rings (SSSR count). The molecule has 26 heavy (non-hydrogen) atoms. The van der Waals surface area contributed by atoms with Gasteiger partial charge in [0.1, 0.15) is 16.6 Å². The van der Waals surface area contributed by atoms with E-state index >= 15 is 0 Å². The summed E-state index contributed by atoms with van der Waals surface area (Å²) in [6, 6.07) is 16.8. The number of nitriles is 1. The zero-order chi connectivity index (χ0) is 18.5. The van der Waals surface area contributed by atoms with Crippen molar-refractivity contribution in [2.75, 3.05) is 5.32 Å². The van der Waals surface area contributed by atoms with Gasteiger partial charge in [0.05, 0.1) is 5.69 Å². The van der Waals surface area contributed by atoms with E-state index in [0.717, 1.165) is 28.4 Å². The molecule has 0 aliphatic rings. The molecule has 3 aromatic rings. The van der Waals surface area contributed by atoms with Crippen molar-refractivity contribution < 1.29 is 0 Å². The molecule has 0 bridgehead atoms. The Morgan fingerprint density at radius 1 is 1.15 bits per heavy atom. The first kappa shape index (κ1) is 17.9. The summed E-state index contributed by atoms with van der Waals surface area (Å²) in [7, 11) is 0. The van der Waals surface area contributed by atoms with E-state index in [4.69, 9.17) is 0 Å². The number of anilines is 1. The number of aromatic nitrogens is 1. The third kappa shape index (κ3) is 4.01. The summed E-state index contributed by atoms with van der Waals surface area (Å²) in [5, 5.41) is 15.4. The molecule has 0 fully saturated rings. The number of hydrogen-bond donors (Lipinski definition) is 1. The first-order valence-electron chi connectivity index (χ1n) is 8.60. The fourth-order valence-corrected chi connectivity index (χ4v) is 3.36. The second kappa shape index (κ2) is 7.99. The minimum Gasteiger partial charge on any atom is -0.360 e. The molecule has 0 radical (unpaired) electrons. The Kier molecular flexibility index (Phi) is 5.50. The molecular formula is C22H21N3S. The Labute approximate surface area is 158 Å². The van der Waals surface area contributed by atoms with Crippen molar-refractivity contribution in [1.82, 2.24) is 4.98 Å². The summed E-state index contributed by atoms with van der Waals surface area (Å²) < 4.78 is 0. The second-order valence-corrected chi connectivity index (χ2v) is 7.06. The average Bonchev–Trinajstić information content (AvgIpc) is 3.15. The molecule has 0 aliphatic carbocycles. The molecule has 0 unspecified atom stereocenters. The van der Waals surface area contributed by atoms with E-state index < -0.39 is 0 Å². The molecule has 0 atom stereocenters. The highest BCUT2D eigenvalue weighted by atomic mass is 32.1. The molecule has 4 heteroatoms. The van der Waals surface area contributed by atoms with Crippen molar-refractivity contribution in [1.29, 1.82) is 5.26 Å². The van der Waals surface area contributed by atoms with Gasteiger partial charge in [0.25, 0.3) is 0 Å². The fraction of sp³-hybridized carbons (Fsp3) is 0.182. The van der Waals surface area contributed by atoms with Gasteiger partial charge in [-0.05, 0) is 55.2 Å². The Balaban J connectivity index is 1.81. The third-order valence-corrected chi connectivity index (χ3v) is 5.28. The first-order chi connectivity index (χ1) is 12.6. The Morgan fingerprint density at radius 2 is 1.92 bits per heavy atom. The number of thiazole rings is 1. The van der Waals surface area contributed by atoms with Crippen LogP contribution in [0.4, 0.5) is 5.69 Å². The quantitative estimate of drug-likeness (QED) is 0.571. The molecule has 2 aromatic carbocycles. The number of aryl methyl sites for hydroxylation is 3. The predicted octanol–water partition coefficient (Wildman–Crippen LogP) is 5.97. The molecule has 0 saturated carbocycles. The Morgan fingerprint density at radius 3 is 2.58 bits per heavy atom. The summed E-state index contributed by atoms with van der Waals surface area (Å²) in [5.74, 6) is 0. The molecular weight excluding hydrogens is 338 g/mol. The van der Waals surface area contributed by atoms with E-state index in [1.807, 2.05) is 17.5 Å². The van der Waals surface area contributed by atoms with Gasteiger partial charge < -0.3 is 5.32 Å². The smallest absolute Gasteiger partial charge is 0.136 e. The number of allylic oxidation sites excluding steroid dienone is 1. The highest BCUT2D eigenvalue weighted by Crippen LogP contribution is 2.27. The maximum atomic E-state index is 9.51. The van der Waals surface area contributed by atoms with Crippen LogP contribution in [0.5, 0.6) is 0 Å². The van der Waals surface area contributed by atoms with Gasteiger partial charge in [-0.15, -0.1) is 11.3 Å². The van der Waals surface area contributed by atoms with Gasteiger partial charge >= 0.3 is 0 Å². The Hall–Kier alpha value is -2.90. The molecule has 0 spiro atoms.